The molecule has 0 bridgehead atoms. The number of nitrogens with zero attached hydrogens (tertiary/aromatic N) is 1. The summed E-state index contributed by atoms with van der Waals surface area (Å²) in [6, 6.07) is 9.39. The second-order valence-corrected chi connectivity index (χ2v) is 10.5. The number of piperidine rings is 1. The van der Waals surface area contributed by atoms with Crippen LogP contribution in [0.4, 0.5) is 13.2 Å². The molecule has 0 radical (unpaired) electrons. The van der Waals surface area contributed by atoms with Crippen molar-refractivity contribution in [2.45, 2.75) is 30.2 Å². The Labute approximate surface area is 200 Å². The van der Waals surface area contributed by atoms with Crippen molar-refractivity contribution in [3.8, 4) is 17.2 Å². The standard InChI is InChI=1S/C22H24ClF3N2O5S/c23-16-1-6-20-21(11-16)32-18(14-31-20)13-28-9-7-15(8-10-28)12-27-34(29,30)19-4-2-17(3-5-19)33-22(24,25)26/h1-6,11,15,18,27H,7-10,12-14H2. The Morgan fingerprint density at radius 1 is 1.09 bits per heavy atom. The topological polar surface area (TPSA) is 77.1 Å². The number of nitrogens with one attached hydrogen (secondary N) is 1. The van der Waals surface area contributed by atoms with Gasteiger partial charge >= 0.3 is 6.36 Å². The minimum absolute atomic E-state index is 0.116. The van der Waals surface area contributed by atoms with Crippen molar-refractivity contribution in [3.63, 3.8) is 0 Å². The van der Waals surface area contributed by atoms with Gasteiger partial charge in [0.2, 0.25) is 10.0 Å². The zero-order chi connectivity index (χ0) is 24.3. The lowest BCUT2D eigenvalue weighted by atomic mass is 9.97. The van der Waals surface area contributed by atoms with Crippen molar-refractivity contribution >= 4 is 21.6 Å². The molecule has 0 spiro atoms. The molecule has 12 heteroatoms. The highest BCUT2D eigenvalue weighted by molar-refractivity contribution is 7.89. The number of ether oxygens (including phenoxy) is 3. The van der Waals surface area contributed by atoms with Crippen molar-refractivity contribution in [1.82, 2.24) is 9.62 Å². The third kappa shape index (κ3) is 6.68. The van der Waals surface area contributed by atoms with Crippen molar-refractivity contribution in [2.24, 2.45) is 5.92 Å². The number of hydrogen-bond donors (Lipinski definition) is 1. The second-order valence-electron chi connectivity index (χ2n) is 8.26. The molecule has 1 N–H and O–H groups in total. The molecule has 186 valence electrons. The van der Waals surface area contributed by atoms with Crippen LogP contribution < -0.4 is 18.9 Å². The fourth-order valence-electron chi connectivity index (χ4n) is 3.97. The normalized spacial score (nSPS) is 19.7. The van der Waals surface area contributed by atoms with Crippen molar-refractivity contribution in [3.05, 3.63) is 47.5 Å². The lowest BCUT2D eigenvalue weighted by molar-refractivity contribution is -0.274. The van der Waals surface area contributed by atoms with E-state index >= 15 is 0 Å². The average molecular weight is 521 g/mol. The molecule has 2 aliphatic heterocycles. The number of rotatable bonds is 7. The van der Waals surface area contributed by atoms with Crippen LogP contribution in [0.5, 0.6) is 17.2 Å². The highest BCUT2D eigenvalue weighted by atomic mass is 35.5. The van der Waals surface area contributed by atoms with Crippen molar-refractivity contribution in [1.29, 1.82) is 0 Å². The van der Waals surface area contributed by atoms with Gasteiger partial charge < -0.3 is 14.2 Å². The highest BCUT2D eigenvalue weighted by Crippen LogP contribution is 2.34. The highest BCUT2D eigenvalue weighted by Gasteiger charge is 2.31. The maximum absolute atomic E-state index is 12.5. The van der Waals surface area contributed by atoms with E-state index < -0.39 is 22.1 Å². The van der Waals surface area contributed by atoms with Gasteiger partial charge in [-0.25, -0.2) is 13.1 Å². The minimum atomic E-state index is -4.83. The molecule has 1 fully saturated rings. The molecule has 2 aromatic rings. The molecule has 1 saturated heterocycles. The van der Waals surface area contributed by atoms with Gasteiger partial charge in [0.05, 0.1) is 4.90 Å². The van der Waals surface area contributed by atoms with Crippen LogP contribution in [0.3, 0.4) is 0 Å². The third-order valence-corrected chi connectivity index (χ3v) is 7.40. The molecular weight excluding hydrogens is 497 g/mol. The first kappa shape index (κ1) is 24.9. The maximum atomic E-state index is 12.5. The number of halogens is 4. The van der Waals surface area contributed by atoms with E-state index in [9.17, 15) is 21.6 Å². The molecule has 1 atom stereocenters. The summed E-state index contributed by atoms with van der Waals surface area (Å²) in [5.74, 6) is 0.986. The van der Waals surface area contributed by atoms with Crippen LogP contribution in [0.1, 0.15) is 12.8 Å². The molecular formula is C22H24ClF3N2O5S. The van der Waals surface area contributed by atoms with Crippen LogP contribution in [0, 0.1) is 5.92 Å². The monoisotopic (exact) mass is 520 g/mol. The molecule has 2 aromatic carbocycles. The second kappa shape index (κ2) is 10.2. The van der Waals surface area contributed by atoms with Gasteiger partial charge in [0.25, 0.3) is 0 Å². The Bertz CT molecular complexity index is 1090. The molecule has 0 aromatic heterocycles. The Morgan fingerprint density at radius 2 is 1.79 bits per heavy atom. The molecule has 2 heterocycles. The average Bonchev–Trinajstić information content (AvgIpc) is 2.78. The number of fused-ring (bicyclic) bond motifs is 1. The van der Waals surface area contributed by atoms with Gasteiger partial charge in [-0.1, -0.05) is 11.6 Å². The predicted molar refractivity (Wildman–Crippen MR) is 119 cm³/mol. The quantitative estimate of drug-likeness (QED) is 0.593. The maximum Gasteiger partial charge on any atom is 0.573 e. The Kier molecular flexibility index (Phi) is 7.46. The first-order valence-corrected chi connectivity index (χ1v) is 12.6. The van der Waals surface area contributed by atoms with Gasteiger partial charge in [0, 0.05) is 24.2 Å². The van der Waals surface area contributed by atoms with Gasteiger partial charge in [-0.15, -0.1) is 13.2 Å². The van der Waals surface area contributed by atoms with Crippen LogP contribution in [-0.2, 0) is 10.0 Å². The summed E-state index contributed by atoms with van der Waals surface area (Å²) in [5, 5.41) is 0.580. The molecule has 34 heavy (non-hydrogen) atoms. The van der Waals surface area contributed by atoms with Crippen molar-refractivity contribution < 1.29 is 35.8 Å². The van der Waals surface area contributed by atoms with Crippen LogP contribution in [-0.4, -0.2) is 58.6 Å². The summed E-state index contributed by atoms with van der Waals surface area (Å²) in [7, 11) is -3.84. The smallest absolute Gasteiger partial charge is 0.486 e. The SMILES string of the molecule is O=S(=O)(NCC1CCN(CC2COc3ccc(Cl)cc3O2)CC1)c1ccc(OC(F)(F)F)cc1. The summed E-state index contributed by atoms with van der Waals surface area (Å²) in [4.78, 5) is 2.14. The molecule has 1 unspecified atom stereocenters. The molecule has 4 rings (SSSR count). The van der Waals surface area contributed by atoms with E-state index in [-0.39, 0.29) is 23.5 Å². The van der Waals surface area contributed by atoms with Crippen LogP contribution >= 0.6 is 11.6 Å². The zero-order valence-corrected chi connectivity index (χ0v) is 19.6. The Morgan fingerprint density at radius 3 is 2.47 bits per heavy atom. The van der Waals surface area contributed by atoms with Gasteiger partial charge in [0.15, 0.2) is 11.5 Å². The number of likely N-dealkylation sites (tertiary alicyclic amines) is 1. The first-order chi connectivity index (χ1) is 16.1. The van der Waals surface area contributed by atoms with E-state index in [1.54, 1.807) is 18.2 Å². The third-order valence-electron chi connectivity index (χ3n) is 5.72. The molecule has 7 nitrogen and oxygen atoms in total. The summed E-state index contributed by atoms with van der Waals surface area (Å²) in [6.45, 7) is 2.97. The van der Waals surface area contributed by atoms with E-state index in [0.717, 1.165) is 50.2 Å². The van der Waals surface area contributed by atoms with Crippen LogP contribution in [0.25, 0.3) is 0 Å². The fraction of sp³-hybridized carbons (Fsp3) is 0.455. The number of sulfonamides is 1. The van der Waals surface area contributed by atoms with Gasteiger partial charge in [-0.3, -0.25) is 4.90 Å². The Balaban J connectivity index is 1.22. The van der Waals surface area contributed by atoms with Gasteiger partial charge in [0.1, 0.15) is 18.5 Å². The van der Waals surface area contributed by atoms with Crippen LogP contribution in [0.2, 0.25) is 5.02 Å². The summed E-state index contributed by atoms with van der Waals surface area (Å²) < 4.78 is 79.9. The minimum Gasteiger partial charge on any atom is -0.486 e. The number of alkyl halides is 3. The van der Waals surface area contributed by atoms with Gasteiger partial charge in [-0.05, 0) is 68.2 Å². The lowest BCUT2D eigenvalue weighted by Crippen LogP contribution is -2.45. The molecule has 0 saturated carbocycles. The largest absolute Gasteiger partial charge is 0.573 e. The van der Waals surface area contributed by atoms with Crippen LogP contribution in [0.15, 0.2) is 47.4 Å². The first-order valence-electron chi connectivity index (χ1n) is 10.7. The fourth-order valence-corrected chi connectivity index (χ4v) is 5.25. The van der Waals surface area contributed by atoms with E-state index in [4.69, 9.17) is 21.1 Å². The Hall–Kier alpha value is -2.21. The summed E-state index contributed by atoms with van der Waals surface area (Å²) in [6.07, 6.45) is -3.35. The van der Waals surface area contributed by atoms with E-state index in [1.165, 1.54) is 0 Å². The summed E-state index contributed by atoms with van der Waals surface area (Å²) in [5.41, 5.74) is 0. The van der Waals surface area contributed by atoms with E-state index in [2.05, 4.69) is 14.4 Å². The van der Waals surface area contributed by atoms with E-state index in [0.29, 0.717) is 29.7 Å². The number of benzene rings is 2. The molecule has 0 aliphatic carbocycles. The molecule has 2 aliphatic rings. The summed E-state index contributed by atoms with van der Waals surface area (Å²) >= 11 is 6.02. The molecule has 0 amide bonds. The van der Waals surface area contributed by atoms with Crippen molar-refractivity contribution in [2.75, 3.05) is 32.8 Å². The van der Waals surface area contributed by atoms with E-state index in [1.807, 2.05) is 0 Å². The van der Waals surface area contributed by atoms with Gasteiger partial charge in [-0.2, -0.15) is 0 Å². The predicted octanol–water partition coefficient (Wildman–Crippen LogP) is 4.07. The lowest BCUT2D eigenvalue weighted by Gasteiger charge is -2.35. The number of hydrogen-bond acceptors (Lipinski definition) is 6. The zero-order valence-electron chi connectivity index (χ0n) is 18.1.